The molecule has 0 heterocycles. The zero-order valence-corrected chi connectivity index (χ0v) is 10.6. The maximum atomic E-state index is 11.5. The van der Waals surface area contributed by atoms with Crippen LogP contribution in [-0.4, -0.2) is 5.91 Å². The summed E-state index contributed by atoms with van der Waals surface area (Å²) in [5.41, 5.74) is 1.08. The third kappa shape index (κ3) is 4.23. The lowest BCUT2D eigenvalue weighted by Gasteiger charge is -2.14. The van der Waals surface area contributed by atoms with Crippen LogP contribution in [0.3, 0.4) is 0 Å². The zero-order valence-electron chi connectivity index (χ0n) is 9.79. The number of carbonyl (C=O) groups excluding carboxylic acids is 1. The largest absolute Gasteiger partial charge is 0.350 e. The maximum absolute atomic E-state index is 11.5. The van der Waals surface area contributed by atoms with Gasteiger partial charge in [-0.15, -0.1) is 0 Å². The molecule has 1 rings (SSSR count). The molecule has 16 heavy (non-hydrogen) atoms. The topological polar surface area (TPSA) is 29.1 Å². The smallest absolute Gasteiger partial charge is 0.220 e. The molecule has 0 radical (unpaired) electrons. The molecule has 1 atom stereocenters. The molecule has 3 heteroatoms. The molecule has 0 bridgehead atoms. The summed E-state index contributed by atoms with van der Waals surface area (Å²) < 4.78 is 0. The maximum Gasteiger partial charge on any atom is 0.220 e. The lowest BCUT2D eigenvalue weighted by molar-refractivity contribution is -0.121. The fraction of sp³-hybridized carbons (Fsp3) is 0.462. The molecular formula is C13H18ClNO. The molecule has 0 spiro atoms. The zero-order chi connectivity index (χ0) is 12.0. The normalized spacial score (nSPS) is 12.2. The number of nitrogens with one attached hydrogen (secondary N) is 1. The Balaban J connectivity index is 2.48. The Kier molecular flexibility index (Phi) is 5.33. The second-order valence-electron chi connectivity index (χ2n) is 3.94. The van der Waals surface area contributed by atoms with Gasteiger partial charge in [-0.3, -0.25) is 4.79 Å². The van der Waals surface area contributed by atoms with Crippen molar-refractivity contribution in [2.24, 2.45) is 0 Å². The molecule has 0 aliphatic carbocycles. The van der Waals surface area contributed by atoms with Crippen molar-refractivity contribution in [1.29, 1.82) is 0 Å². The van der Waals surface area contributed by atoms with Gasteiger partial charge in [-0.05, 0) is 31.0 Å². The third-order valence-electron chi connectivity index (χ3n) is 2.50. The van der Waals surface area contributed by atoms with E-state index in [1.54, 1.807) is 0 Å². The van der Waals surface area contributed by atoms with Crippen LogP contribution in [0.5, 0.6) is 0 Å². The first-order chi connectivity index (χ1) is 7.63. The summed E-state index contributed by atoms with van der Waals surface area (Å²) in [5.74, 6) is 0.115. The van der Waals surface area contributed by atoms with E-state index in [1.807, 2.05) is 31.2 Å². The first-order valence-corrected chi connectivity index (χ1v) is 6.06. The van der Waals surface area contributed by atoms with Crippen molar-refractivity contribution in [1.82, 2.24) is 5.32 Å². The fourth-order valence-corrected chi connectivity index (χ4v) is 1.61. The van der Waals surface area contributed by atoms with E-state index < -0.39 is 0 Å². The Morgan fingerprint density at radius 2 is 2.00 bits per heavy atom. The van der Waals surface area contributed by atoms with E-state index in [-0.39, 0.29) is 11.9 Å². The van der Waals surface area contributed by atoms with Crippen LogP contribution in [0.4, 0.5) is 0 Å². The summed E-state index contributed by atoms with van der Waals surface area (Å²) in [6.45, 7) is 4.06. The fourth-order valence-electron chi connectivity index (χ4n) is 1.49. The summed E-state index contributed by atoms with van der Waals surface area (Å²) in [6.07, 6.45) is 2.59. The van der Waals surface area contributed by atoms with Gasteiger partial charge in [0.1, 0.15) is 0 Å². The number of hydrogen-bond acceptors (Lipinski definition) is 1. The van der Waals surface area contributed by atoms with Crippen LogP contribution in [-0.2, 0) is 4.79 Å². The van der Waals surface area contributed by atoms with Crippen LogP contribution in [0.1, 0.15) is 44.7 Å². The first kappa shape index (κ1) is 13.0. The van der Waals surface area contributed by atoms with E-state index in [0.717, 1.165) is 18.4 Å². The van der Waals surface area contributed by atoms with Crippen molar-refractivity contribution in [3.05, 3.63) is 34.9 Å². The SMILES string of the molecule is CCCCC(=O)N[C@H](C)c1ccc(Cl)cc1. The highest BCUT2D eigenvalue weighted by atomic mass is 35.5. The van der Waals surface area contributed by atoms with Crippen molar-refractivity contribution >= 4 is 17.5 Å². The minimum absolute atomic E-state index is 0.0432. The molecule has 1 aromatic carbocycles. The van der Waals surface area contributed by atoms with E-state index in [4.69, 9.17) is 11.6 Å². The number of rotatable bonds is 5. The lowest BCUT2D eigenvalue weighted by atomic mass is 10.1. The Hall–Kier alpha value is -1.02. The Morgan fingerprint density at radius 1 is 1.38 bits per heavy atom. The van der Waals surface area contributed by atoms with Gasteiger partial charge in [0.15, 0.2) is 0 Å². The summed E-state index contributed by atoms with van der Waals surface area (Å²) in [4.78, 5) is 11.5. The Bertz CT molecular complexity index is 334. The number of amides is 1. The number of unbranched alkanes of at least 4 members (excludes halogenated alkanes) is 1. The molecule has 0 fully saturated rings. The van der Waals surface area contributed by atoms with E-state index in [0.29, 0.717) is 11.4 Å². The van der Waals surface area contributed by atoms with Crippen LogP contribution < -0.4 is 5.32 Å². The number of carbonyl (C=O) groups is 1. The van der Waals surface area contributed by atoms with Crippen molar-refractivity contribution in [2.75, 3.05) is 0 Å². The van der Waals surface area contributed by atoms with E-state index in [9.17, 15) is 4.79 Å². The van der Waals surface area contributed by atoms with Gasteiger partial charge in [0, 0.05) is 11.4 Å². The predicted molar refractivity (Wildman–Crippen MR) is 67.5 cm³/mol. The van der Waals surface area contributed by atoms with Gasteiger partial charge in [-0.1, -0.05) is 37.1 Å². The molecule has 2 nitrogen and oxygen atoms in total. The average molecular weight is 240 g/mol. The molecule has 1 aromatic rings. The van der Waals surface area contributed by atoms with Crippen LogP contribution >= 0.6 is 11.6 Å². The van der Waals surface area contributed by atoms with Crippen LogP contribution in [0.15, 0.2) is 24.3 Å². The van der Waals surface area contributed by atoms with Crippen molar-refractivity contribution in [3.63, 3.8) is 0 Å². The van der Waals surface area contributed by atoms with Gasteiger partial charge in [-0.25, -0.2) is 0 Å². The highest BCUT2D eigenvalue weighted by Gasteiger charge is 2.08. The molecule has 0 unspecified atom stereocenters. The van der Waals surface area contributed by atoms with Crippen molar-refractivity contribution in [3.8, 4) is 0 Å². The Morgan fingerprint density at radius 3 is 2.56 bits per heavy atom. The van der Waals surface area contributed by atoms with Crippen LogP contribution in [0, 0.1) is 0 Å². The van der Waals surface area contributed by atoms with Crippen LogP contribution in [0.2, 0.25) is 5.02 Å². The van der Waals surface area contributed by atoms with Gasteiger partial charge in [0.25, 0.3) is 0 Å². The minimum atomic E-state index is 0.0432. The van der Waals surface area contributed by atoms with E-state index >= 15 is 0 Å². The molecule has 0 aliphatic heterocycles. The molecule has 88 valence electrons. The first-order valence-electron chi connectivity index (χ1n) is 5.68. The highest BCUT2D eigenvalue weighted by Crippen LogP contribution is 2.16. The van der Waals surface area contributed by atoms with Gasteiger partial charge in [0.05, 0.1) is 6.04 Å². The quantitative estimate of drug-likeness (QED) is 0.834. The number of benzene rings is 1. The molecule has 0 saturated heterocycles. The molecule has 1 N–H and O–H groups in total. The monoisotopic (exact) mass is 239 g/mol. The van der Waals surface area contributed by atoms with Gasteiger partial charge in [-0.2, -0.15) is 0 Å². The second-order valence-corrected chi connectivity index (χ2v) is 4.38. The summed E-state index contributed by atoms with van der Waals surface area (Å²) in [6, 6.07) is 7.60. The van der Waals surface area contributed by atoms with Gasteiger partial charge < -0.3 is 5.32 Å². The molecule has 0 aromatic heterocycles. The van der Waals surface area contributed by atoms with Gasteiger partial charge >= 0.3 is 0 Å². The summed E-state index contributed by atoms with van der Waals surface area (Å²) in [7, 11) is 0. The number of hydrogen-bond donors (Lipinski definition) is 1. The minimum Gasteiger partial charge on any atom is -0.350 e. The van der Waals surface area contributed by atoms with E-state index in [1.165, 1.54) is 0 Å². The van der Waals surface area contributed by atoms with Gasteiger partial charge in [0.2, 0.25) is 5.91 Å². The second kappa shape index (κ2) is 6.54. The molecule has 1 amide bonds. The average Bonchev–Trinajstić information content (AvgIpc) is 2.27. The lowest BCUT2D eigenvalue weighted by Crippen LogP contribution is -2.26. The standard InChI is InChI=1S/C13H18ClNO/c1-3-4-5-13(16)15-10(2)11-6-8-12(14)9-7-11/h6-10H,3-5H2,1-2H3,(H,15,16)/t10-/m1/s1. The van der Waals surface area contributed by atoms with Crippen molar-refractivity contribution in [2.45, 2.75) is 39.2 Å². The van der Waals surface area contributed by atoms with E-state index in [2.05, 4.69) is 12.2 Å². The van der Waals surface area contributed by atoms with Crippen LogP contribution in [0.25, 0.3) is 0 Å². The predicted octanol–water partition coefficient (Wildman–Crippen LogP) is 3.71. The van der Waals surface area contributed by atoms with Crippen molar-refractivity contribution < 1.29 is 4.79 Å². The summed E-state index contributed by atoms with van der Waals surface area (Å²) in [5, 5.41) is 3.68. The Labute approximate surface area is 102 Å². The number of halogens is 1. The molecule has 0 aliphatic rings. The highest BCUT2D eigenvalue weighted by molar-refractivity contribution is 6.30. The molecule has 0 saturated carbocycles. The molecular weight excluding hydrogens is 222 g/mol. The summed E-state index contributed by atoms with van der Waals surface area (Å²) >= 11 is 5.80. The third-order valence-corrected chi connectivity index (χ3v) is 2.76.